The first kappa shape index (κ1) is 84.8. The van der Waals surface area contributed by atoms with Crippen molar-refractivity contribution >= 4 is 246 Å². The van der Waals surface area contributed by atoms with E-state index >= 15 is 0 Å². The van der Waals surface area contributed by atoms with E-state index in [2.05, 4.69) is 533 Å². The van der Waals surface area contributed by atoms with Crippen molar-refractivity contribution in [3.05, 3.63) is 495 Å². The van der Waals surface area contributed by atoms with Crippen molar-refractivity contribution in [1.82, 2.24) is 0 Å². The second-order valence-corrected chi connectivity index (χ2v) is 43.0. The van der Waals surface area contributed by atoms with Gasteiger partial charge in [0.1, 0.15) is 0 Å². The van der Waals surface area contributed by atoms with Crippen molar-refractivity contribution in [2.45, 2.75) is 58.1 Å². The molecule has 12 aliphatic rings. The lowest BCUT2D eigenvalue weighted by molar-refractivity contribution is 0.477. The van der Waals surface area contributed by atoms with Crippen LogP contribution in [0.1, 0.15) is 49.9 Å². The third-order valence-corrected chi connectivity index (χ3v) is 34.5. The number of anilines is 27. The van der Waals surface area contributed by atoms with Gasteiger partial charge in [0.25, 0.3) is 20.1 Å². The Bertz CT molecular complexity index is 8330. The fraction of sp³-hybridized carbons (Fsp3) is 0.0455. The molecule has 0 N–H and O–H groups in total. The third-order valence-electron chi connectivity index (χ3n) is 32.3. The van der Waals surface area contributed by atoms with E-state index in [1.807, 2.05) is 35.7 Å². The second kappa shape index (κ2) is 32.4. The molecule has 21 aromatic rings. The average Bonchev–Trinajstić information content (AvgIpc) is 0.666. The van der Waals surface area contributed by atoms with Gasteiger partial charge in [0.15, 0.2) is 23.0 Å². The van der Waals surface area contributed by atoms with E-state index in [0.717, 1.165) is 108 Å². The van der Waals surface area contributed by atoms with Crippen LogP contribution in [-0.4, -0.2) is 20.1 Å². The maximum Gasteiger partial charge on any atom is 0.252 e. The average molecular weight is 1930 g/mol. The number of para-hydroxylation sites is 20. The number of fused-ring (bicyclic) bond motifs is 24. The molecular weight excluding hydrogens is 1840 g/mol. The summed E-state index contributed by atoms with van der Waals surface area (Å²) in [6, 6.07) is 173. The van der Waals surface area contributed by atoms with Gasteiger partial charge in [-0.05, 0) is 266 Å². The molecule has 148 heavy (non-hydrogen) atoms. The monoisotopic (exact) mass is 1930 g/mol. The highest BCUT2D eigenvalue weighted by Gasteiger charge is 2.55. The zero-order chi connectivity index (χ0) is 97.6. The largest absolute Gasteiger partial charge is 0.453 e. The normalized spacial score (nSPS) is 14.5. The molecule has 0 saturated carbocycles. The Hall–Kier alpha value is -17.7. The van der Waals surface area contributed by atoms with Crippen LogP contribution in [0, 0.1) is 0 Å². The lowest BCUT2D eigenvalue weighted by Gasteiger charge is -2.52. The summed E-state index contributed by atoms with van der Waals surface area (Å²) >= 11 is 3.78. The Kier molecular flexibility index (Phi) is 18.6. The topological polar surface area (TPSA) is 47.6 Å². The first-order chi connectivity index (χ1) is 73.0. The van der Waals surface area contributed by atoms with Crippen LogP contribution < -0.4 is 103 Å². The summed E-state index contributed by atoms with van der Waals surface area (Å²) in [6.45, 7) is 9.76. The maximum atomic E-state index is 6.62. The van der Waals surface area contributed by atoms with Crippen LogP contribution in [0.5, 0.6) is 23.0 Å². The highest BCUT2D eigenvalue weighted by atomic mass is 32.2. The molecule has 0 spiro atoms. The number of rotatable bonds is 9. The molecule has 0 aromatic heterocycles. The van der Waals surface area contributed by atoms with Crippen molar-refractivity contribution in [3.63, 3.8) is 0 Å². The van der Waals surface area contributed by atoms with E-state index in [0.29, 0.717) is 0 Å². The summed E-state index contributed by atoms with van der Waals surface area (Å²) in [5.41, 5.74) is 48.9. The zero-order valence-corrected chi connectivity index (χ0v) is 83.1. The Labute approximate surface area is 869 Å². The van der Waals surface area contributed by atoms with Crippen LogP contribution >= 0.6 is 23.5 Å². The van der Waals surface area contributed by atoms with E-state index < -0.39 is 0 Å². The van der Waals surface area contributed by atoms with Gasteiger partial charge in [-0.1, -0.05) is 330 Å². The van der Waals surface area contributed by atoms with Crippen molar-refractivity contribution in [1.29, 1.82) is 0 Å². The summed E-state index contributed by atoms with van der Waals surface area (Å²) in [5, 5.41) is 0. The van der Waals surface area contributed by atoms with E-state index in [1.54, 1.807) is 0 Å². The molecule has 0 radical (unpaired) electrons. The SMILES string of the molecule is CC1(C)c2ccccc2N2c3cc(N(c4ccccc4)c4ccccc4)cc4c3B(c3cccc1c32)c1cccc2c1N4c1ccccc1C2(C)C.c1ccc(N(c2ccccc2)c2cc3c4c(c2)N2c5ccccc5Oc5cccc(c52)B4c2cccc4c2N3c2ccccc2O4)cc1.c1ccc(N(c2ccccc2)c2cc3c4c(c2)N2c5ccccc5Sc5cccc(c52)B4c2cccc4c2N3c2ccccc2S4)cc1. The van der Waals surface area contributed by atoms with Gasteiger partial charge < -0.3 is 53.6 Å². The van der Waals surface area contributed by atoms with Gasteiger partial charge >= 0.3 is 0 Å². The van der Waals surface area contributed by atoms with Crippen LogP contribution in [0.4, 0.5) is 154 Å². The number of ether oxygens (including phenoxy) is 2. The standard InChI is InChI=1S/C48H38BN3.C42H26BN3O2.C42H26BN3S2/c1-47(2)34-21-11-13-27-40(34)51-42-29-33(50(31-17-7-5-8-18-31)32-19-9-6-10-20-32)30-43-44(42)49(38-25-15-23-36(47)45(38)51)39-26-16-24-37-46(39)52(43)41-28-14-12-22-35(41)48(37,3)4;2*1-3-13-27(14-4-1)44(28-15-5-2-6-16-28)29-25-34-40-35(26-29)46-33-20-8-10-22-37(33)48-39-24-12-18-31(42(39)46)43(40)30-17-11-23-38-41(30)45(34)32-19-7-9-21-36(32)47-38/h5-30H,1-4H3;2*1-26H. The molecule has 0 unspecified atom stereocenters. The van der Waals surface area contributed by atoms with Crippen LogP contribution in [0.2, 0.25) is 0 Å². The molecule has 16 heteroatoms. The van der Waals surface area contributed by atoms with Crippen molar-refractivity contribution in [2.24, 2.45) is 0 Å². The third kappa shape index (κ3) is 12.2. The fourth-order valence-electron chi connectivity index (χ4n) is 26.2. The van der Waals surface area contributed by atoms with E-state index in [1.165, 1.54) is 159 Å². The molecule has 0 amide bonds. The van der Waals surface area contributed by atoms with Crippen LogP contribution in [0.3, 0.4) is 0 Å². The predicted molar refractivity (Wildman–Crippen MR) is 618 cm³/mol. The van der Waals surface area contributed by atoms with Gasteiger partial charge in [-0.2, -0.15) is 0 Å². The van der Waals surface area contributed by atoms with Gasteiger partial charge in [-0.3, -0.25) is 0 Å². The summed E-state index contributed by atoms with van der Waals surface area (Å²) in [7, 11) is 0. The van der Waals surface area contributed by atoms with Crippen LogP contribution in [0.25, 0.3) is 0 Å². The summed E-state index contributed by atoms with van der Waals surface area (Å²) in [6.07, 6.45) is 0. The van der Waals surface area contributed by atoms with Crippen molar-refractivity contribution in [3.8, 4) is 23.0 Å². The molecule has 33 rings (SSSR count). The van der Waals surface area contributed by atoms with Crippen molar-refractivity contribution in [2.75, 3.05) is 44.1 Å². The predicted octanol–water partition coefficient (Wildman–Crippen LogP) is 30.1. The molecule has 12 heterocycles. The van der Waals surface area contributed by atoms with Gasteiger partial charge in [0.05, 0.1) is 73.9 Å². The minimum atomic E-state index is -0.158. The molecule has 21 aromatic carbocycles. The smallest absolute Gasteiger partial charge is 0.252 e. The molecule has 0 bridgehead atoms. The Balaban J connectivity index is 0.000000100. The van der Waals surface area contributed by atoms with Crippen LogP contribution in [-0.2, 0) is 10.8 Å². The Morgan fingerprint density at radius 1 is 0.182 bits per heavy atom. The minimum absolute atomic E-state index is 0.0222. The van der Waals surface area contributed by atoms with E-state index in [4.69, 9.17) is 9.47 Å². The van der Waals surface area contributed by atoms with Gasteiger partial charge in [0, 0.05) is 110 Å². The first-order valence-electron chi connectivity index (χ1n) is 51.1. The first-order valence-corrected chi connectivity index (χ1v) is 52.8. The molecule has 0 fully saturated rings. The lowest BCUT2D eigenvalue weighted by Crippen LogP contribution is -2.63. The zero-order valence-electron chi connectivity index (χ0n) is 81.4. The molecule has 11 nitrogen and oxygen atoms in total. The molecule has 0 aliphatic carbocycles. The van der Waals surface area contributed by atoms with Gasteiger partial charge in [0.2, 0.25) is 0 Å². The lowest BCUT2D eigenvalue weighted by atomic mass is 9.32. The minimum Gasteiger partial charge on any atom is -0.453 e. The highest BCUT2D eigenvalue weighted by molar-refractivity contribution is 8.00. The fourth-order valence-corrected chi connectivity index (χ4v) is 28.4. The molecule has 12 aliphatic heterocycles. The number of hydrogen-bond donors (Lipinski definition) is 0. The molecular formula is C132H90B3N9O2S2. The Morgan fingerprint density at radius 3 is 0.730 bits per heavy atom. The number of benzene rings is 21. The maximum absolute atomic E-state index is 6.62. The quantitative estimate of drug-likeness (QED) is 0.129. The van der Waals surface area contributed by atoms with Crippen molar-refractivity contribution < 1.29 is 9.47 Å². The number of nitrogens with zero attached hydrogens (tertiary/aromatic N) is 9. The second-order valence-electron chi connectivity index (χ2n) is 40.9. The van der Waals surface area contributed by atoms with E-state index in [-0.39, 0.29) is 31.0 Å². The van der Waals surface area contributed by atoms with E-state index in [9.17, 15) is 0 Å². The summed E-state index contributed by atoms with van der Waals surface area (Å²) in [5.74, 6) is 3.41. The summed E-state index contributed by atoms with van der Waals surface area (Å²) in [4.78, 5) is 27.5. The number of hydrogen-bond acceptors (Lipinski definition) is 13. The highest BCUT2D eigenvalue weighted by Crippen LogP contribution is 2.64. The van der Waals surface area contributed by atoms with Gasteiger partial charge in [-0.15, -0.1) is 0 Å². The Morgan fingerprint density at radius 2 is 0.405 bits per heavy atom. The summed E-state index contributed by atoms with van der Waals surface area (Å²) < 4.78 is 13.2. The molecule has 0 saturated heterocycles. The van der Waals surface area contributed by atoms with Gasteiger partial charge in [-0.25, -0.2) is 0 Å². The van der Waals surface area contributed by atoms with Crippen LogP contribution in [0.15, 0.2) is 493 Å². The molecule has 696 valence electrons. The molecule has 0 atom stereocenters.